The van der Waals surface area contributed by atoms with Crippen LogP contribution in [0.1, 0.15) is 41.7 Å². The number of allylic oxidation sites excluding steroid dienone is 1. The molecule has 0 aliphatic rings. The standard InChI is InChI=1S/C27H30O7S.Na/c28-19-27(22-5-2-1-3-6-22)34-24-16-9-20(10-17-24)11-18-25(35(31,32)33)7-4-8-26(30)21-12-14-23(29)15-13-21;/h1-6,8-10,12-17,25-30H,7,11,18-19H2,(H,31,32,33);/q;+1/p-1. The van der Waals surface area contributed by atoms with E-state index >= 15 is 0 Å². The number of phenolic OH excluding ortho intramolecular Hbond substituents is 1. The molecule has 0 fully saturated rings. The van der Waals surface area contributed by atoms with Crippen LogP contribution in [0.5, 0.6) is 11.5 Å². The third-order valence-corrected chi connectivity index (χ3v) is 6.90. The van der Waals surface area contributed by atoms with Gasteiger partial charge < -0.3 is 24.6 Å². The van der Waals surface area contributed by atoms with Gasteiger partial charge in [0.1, 0.15) is 17.6 Å². The number of aryl methyl sites for hydroxylation is 1. The van der Waals surface area contributed by atoms with Crippen molar-refractivity contribution in [2.45, 2.75) is 36.7 Å². The summed E-state index contributed by atoms with van der Waals surface area (Å²) >= 11 is 0. The minimum atomic E-state index is -4.53. The van der Waals surface area contributed by atoms with E-state index in [0.29, 0.717) is 17.7 Å². The van der Waals surface area contributed by atoms with Crippen LogP contribution in [0.15, 0.2) is 91.0 Å². The molecular weight excluding hydrogens is 491 g/mol. The second-order valence-electron chi connectivity index (χ2n) is 8.20. The van der Waals surface area contributed by atoms with Crippen molar-refractivity contribution >= 4 is 10.1 Å². The second-order valence-corrected chi connectivity index (χ2v) is 9.85. The van der Waals surface area contributed by atoms with Gasteiger partial charge in [-0.1, -0.05) is 66.7 Å². The summed E-state index contributed by atoms with van der Waals surface area (Å²) in [4.78, 5) is 0. The van der Waals surface area contributed by atoms with E-state index in [9.17, 15) is 28.3 Å². The summed E-state index contributed by atoms with van der Waals surface area (Å²) in [6.45, 7) is -0.177. The Bertz CT molecular complexity index is 1180. The number of benzene rings is 3. The van der Waals surface area contributed by atoms with Gasteiger partial charge in [0, 0.05) is 0 Å². The summed E-state index contributed by atoms with van der Waals surface area (Å²) in [6, 6.07) is 22.5. The summed E-state index contributed by atoms with van der Waals surface area (Å²) < 4.78 is 41.1. The van der Waals surface area contributed by atoms with Crippen molar-refractivity contribution in [3.05, 3.63) is 108 Å². The fourth-order valence-electron chi connectivity index (χ4n) is 3.63. The van der Waals surface area contributed by atoms with Gasteiger partial charge in [-0.2, -0.15) is 0 Å². The predicted octanol–water partition coefficient (Wildman–Crippen LogP) is 1.03. The van der Waals surface area contributed by atoms with Crippen LogP contribution in [0.2, 0.25) is 0 Å². The summed E-state index contributed by atoms with van der Waals surface area (Å²) in [7, 11) is -4.53. The summed E-state index contributed by atoms with van der Waals surface area (Å²) in [5, 5.41) is 28.0. The van der Waals surface area contributed by atoms with Gasteiger partial charge in [0.2, 0.25) is 0 Å². The Hall–Kier alpha value is -2.17. The van der Waals surface area contributed by atoms with Gasteiger partial charge in [0.15, 0.2) is 0 Å². The Kier molecular flexibility index (Phi) is 12.1. The van der Waals surface area contributed by atoms with Gasteiger partial charge in [-0.25, -0.2) is 8.42 Å². The van der Waals surface area contributed by atoms with Crippen LogP contribution >= 0.6 is 0 Å². The largest absolute Gasteiger partial charge is 1.00 e. The Labute approximate surface area is 234 Å². The van der Waals surface area contributed by atoms with Crippen LogP contribution in [0.4, 0.5) is 0 Å². The molecule has 0 radical (unpaired) electrons. The number of ether oxygens (including phenoxy) is 1. The van der Waals surface area contributed by atoms with Gasteiger partial charge in [-0.05, 0) is 60.2 Å². The van der Waals surface area contributed by atoms with Crippen molar-refractivity contribution in [2.24, 2.45) is 0 Å². The number of hydrogen-bond donors (Lipinski definition) is 3. The number of aliphatic hydroxyl groups is 2. The first-order chi connectivity index (χ1) is 16.8. The van der Waals surface area contributed by atoms with Crippen LogP contribution < -0.4 is 34.3 Å². The fraction of sp³-hybridized carbons (Fsp3) is 0.259. The predicted molar refractivity (Wildman–Crippen MR) is 132 cm³/mol. The van der Waals surface area contributed by atoms with Crippen molar-refractivity contribution in [1.29, 1.82) is 0 Å². The zero-order valence-corrected chi connectivity index (χ0v) is 22.9. The van der Waals surface area contributed by atoms with E-state index < -0.39 is 27.6 Å². The van der Waals surface area contributed by atoms with Crippen molar-refractivity contribution < 1.29 is 62.6 Å². The van der Waals surface area contributed by atoms with Crippen LogP contribution in [0, 0.1) is 0 Å². The molecule has 0 bridgehead atoms. The van der Waals surface area contributed by atoms with Crippen molar-refractivity contribution in [3.8, 4) is 11.5 Å². The normalized spacial score (nSPS) is 14.1. The van der Waals surface area contributed by atoms with E-state index in [2.05, 4.69) is 0 Å². The maximum absolute atomic E-state index is 11.8. The average Bonchev–Trinajstić information content (AvgIpc) is 2.85. The molecular formula is C27H29NaO7S. The third kappa shape index (κ3) is 9.37. The quantitative estimate of drug-likeness (QED) is 0.185. The number of aromatic hydroxyl groups is 1. The maximum Gasteiger partial charge on any atom is 1.00 e. The van der Waals surface area contributed by atoms with Gasteiger partial charge in [0.05, 0.1) is 28.1 Å². The molecule has 3 aromatic carbocycles. The Morgan fingerprint density at radius 1 is 0.917 bits per heavy atom. The molecule has 3 atom stereocenters. The maximum atomic E-state index is 11.8. The summed E-state index contributed by atoms with van der Waals surface area (Å²) in [5.41, 5.74) is 2.24. The first kappa shape index (κ1) is 30.1. The number of hydrogen-bond acceptors (Lipinski definition) is 7. The minimum Gasteiger partial charge on any atom is -0.748 e. The summed E-state index contributed by atoms with van der Waals surface area (Å²) in [5.74, 6) is 0.641. The van der Waals surface area contributed by atoms with E-state index in [1.807, 2.05) is 30.3 Å². The molecule has 3 rings (SSSR count). The van der Waals surface area contributed by atoms with Crippen molar-refractivity contribution in [3.63, 3.8) is 0 Å². The van der Waals surface area contributed by atoms with Gasteiger partial charge in [-0.15, -0.1) is 0 Å². The molecule has 9 heteroatoms. The zero-order valence-electron chi connectivity index (χ0n) is 20.1. The molecule has 36 heavy (non-hydrogen) atoms. The van der Waals surface area contributed by atoms with E-state index in [-0.39, 0.29) is 54.8 Å². The Morgan fingerprint density at radius 2 is 1.56 bits per heavy atom. The van der Waals surface area contributed by atoms with Crippen LogP contribution in [0.25, 0.3) is 0 Å². The average molecular weight is 521 g/mol. The molecule has 3 aromatic rings. The topological polar surface area (TPSA) is 127 Å². The third-order valence-electron chi connectivity index (χ3n) is 5.65. The van der Waals surface area contributed by atoms with E-state index in [4.69, 9.17) is 4.74 Å². The molecule has 0 amide bonds. The van der Waals surface area contributed by atoms with Gasteiger partial charge in [0.25, 0.3) is 0 Å². The number of phenols is 1. The van der Waals surface area contributed by atoms with Crippen LogP contribution in [-0.2, 0) is 16.5 Å². The van der Waals surface area contributed by atoms with E-state index in [1.165, 1.54) is 24.3 Å². The van der Waals surface area contributed by atoms with Gasteiger partial charge >= 0.3 is 29.6 Å². The molecule has 0 aliphatic carbocycles. The molecule has 7 nitrogen and oxygen atoms in total. The van der Waals surface area contributed by atoms with E-state index in [0.717, 1.165) is 11.1 Å². The number of rotatable bonds is 12. The molecule has 0 aromatic heterocycles. The summed E-state index contributed by atoms with van der Waals surface area (Å²) in [6.07, 6.45) is 1.95. The van der Waals surface area contributed by atoms with Crippen molar-refractivity contribution in [2.75, 3.05) is 6.61 Å². The number of aliphatic hydroxyl groups excluding tert-OH is 2. The zero-order chi connectivity index (χ0) is 25.3. The molecule has 186 valence electrons. The Balaban J connectivity index is 0.00000456. The monoisotopic (exact) mass is 520 g/mol. The first-order valence-corrected chi connectivity index (χ1v) is 12.7. The molecule has 0 heterocycles. The molecule has 3 N–H and O–H groups in total. The van der Waals surface area contributed by atoms with Gasteiger partial charge in [-0.3, -0.25) is 0 Å². The minimum absolute atomic E-state index is 0. The smallest absolute Gasteiger partial charge is 0.748 e. The molecule has 3 unspecified atom stereocenters. The van der Waals surface area contributed by atoms with E-state index in [1.54, 1.807) is 36.4 Å². The molecule has 0 saturated carbocycles. The SMILES string of the molecule is O=S(=O)([O-])C(CC=CC(O)c1ccc(O)cc1)CCc1ccc(OC(CO)c2ccccc2)cc1.[Na+]. The van der Waals surface area contributed by atoms with Crippen molar-refractivity contribution in [1.82, 2.24) is 0 Å². The fourth-order valence-corrected chi connectivity index (χ4v) is 4.38. The molecule has 0 saturated heterocycles. The molecule has 0 aliphatic heterocycles. The van der Waals surface area contributed by atoms with Crippen LogP contribution in [0.3, 0.4) is 0 Å². The second kappa shape index (κ2) is 14.5. The molecule has 0 spiro atoms. The first-order valence-electron chi connectivity index (χ1n) is 11.3. The Morgan fingerprint density at radius 3 is 2.14 bits per heavy atom. The van der Waals surface area contributed by atoms with Crippen LogP contribution in [-0.4, -0.2) is 40.1 Å².